The van der Waals surface area contributed by atoms with Crippen molar-refractivity contribution in [3.05, 3.63) is 64.6 Å². The van der Waals surface area contributed by atoms with Gasteiger partial charge in [-0.1, -0.05) is 17.7 Å². The molecule has 0 bridgehead atoms. The number of hydrogen-bond acceptors (Lipinski definition) is 3. The van der Waals surface area contributed by atoms with Crippen LogP contribution in [-0.2, 0) is 4.79 Å². The fourth-order valence-electron chi connectivity index (χ4n) is 3.23. The van der Waals surface area contributed by atoms with Gasteiger partial charge in [-0.25, -0.2) is 4.98 Å². The number of carbonyl (C=O) groups excluding carboxylic acids is 2. The molecule has 0 aliphatic rings. The van der Waals surface area contributed by atoms with Gasteiger partial charge in [0.05, 0.1) is 6.54 Å². The van der Waals surface area contributed by atoms with Crippen LogP contribution in [0.1, 0.15) is 32.7 Å². The Hall–Kier alpha value is -3.15. The van der Waals surface area contributed by atoms with Crippen LogP contribution in [0, 0.1) is 27.7 Å². The van der Waals surface area contributed by atoms with E-state index in [2.05, 4.69) is 10.3 Å². The number of benzene rings is 1. The Balaban J connectivity index is 1.71. The first-order chi connectivity index (χ1) is 12.7. The summed E-state index contributed by atoms with van der Waals surface area (Å²) in [6, 6.07) is 7.91. The van der Waals surface area contributed by atoms with E-state index in [1.807, 2.05) is 58.2 Å². The lowest BCUT2D eigenvalue weighted by atomic mass is 10.1. The molecular formula is C21H24N4O2. The summed E-state index contributed by atoms with van der Waals surface area (Å²) in [6.07, 6.45) is 3.55. The SMILES string of the molecule is Cc1cc(C)c(NC(=O)CN(C)C(=O)c2cn3ccc(C)cc3n2)c(C)c1. The molecule has 2 amide bonds. The third kappa shape index (κ3) is 4.00. The van der Waals surface area contributed by atoms with Crippen molar-refractivity contribution in [1.29, 1.82) is 0 Å². The summed E-state index contributed by atoms with van der Waals surface area (Å²) >= 11 is 0. The second kappa shape index (κ2) is 7.23. The Morgan fingerprint density at radius 3 is 2.41 bits per heavy atom. The Kier molecular flexibility index (Phi) is 4.99. The van der Waals surface area contributed by atoms with Crippen LogP contribution in [0.4, 0.5) is 5.69 Å². The van der Waals surface area contributed by atoms with Crippen molar-refractivity contribution in [2.24, 2.45) is 0 Å². The smallest absolute Gasteiger partial charge is 0.274 e. The van der Waals surface area contributed by atoms with E-state index >= 15 is 0 Å². The van der Waals surface area contributed by atoms with E-state index in [0.717, 1.165) is 27.9 Å². The minimum Gasteiger partial charge on any atom is -0.331 e. The molecule has 0 aliphatic carbocycles. The quantitative estimate of drug-likeness (QED) is 0.773. The molecule has 0 fully saturated rings. The molecule has 0 saturated heterocycles. The lowest BCUT2D eigenvalue weighted by Gasteiger charge is -2.17. The van der Waals surface area contributed by atoms with Crippen LogP contribution in [0.5, 0.6) is 0 Å². The Labute approximate surface area is 158 Å². The van der Waals surface area contributed by atoms with E-state index in [4.69, 9.17) is 0 Å². The number of aromatic nitrogens is 2. The van der Waals surface area contributed by atoms with E-state index < -0.39 is 0 Å². The molecule has 3 aromatic rings. The summed E-state index contributed by atoms with van der Waals surface area (Å²) in [6.45, 7) is 7.88. The first kappa shape index (κ1) is 18.6. The Morgan fingerprint density at radius 1 is 1.07 bits per heavy atom. The van der Waals surface area contributed by atoms with Gasteiger partial charge in [-0.05, 0) is 56.5 Å². The molecule has 2 heterocycles. The average Bonchev–Trinajstić information content (AvgIpc) is 3.00. The van der Waals surface area contributed by atoms with Gasteiger partial charge in [-0.15, -0.1) is 0 Å². The Bertz CT molecular complexity index is 1010. The normalized spacial score (nSPS) is 10.9. The second-order valence-corrected chi connectivity index (χ2v) is 7.08. The highest BCUT2D eigenvalue weighted by molar-refractivity contribution is 5.99. The summed E-state index contributed by atoms with van der Waals surface area (Å²) < 4.78 is 1.80. The minimum absolute atomic E-state index is 0.0432. The van der Waals surface area contributed by atoms with Gasteiger partial charge in [0.2, 0.25) is 5.91 Å². The van der Waals surface area contributed by atoms with Gasteiger partial charge in [0, 0.05) is 25.1 Å². The summed E-state index contributed by atoms with van der Waals surface area (Å²) in [4.78, 5) is 30.8. The standard InChI is InChI=1S/C21H24N4O2/c1-13-6-7-25-11-17(22-18(25)10-13)21(27)24(5)12-19(26)23-20-15(3)8-14(2)9-16(20)4/h6-11H,12H2,1-5H3,(H,23,26). The highest BCUT2D eigenvalue weighted by atomic mass is 16.2. The third-order valence-corrected chi connectivity index (χ3v) is 4.50. The fourth-order valence-corrected chi connectivity index (χ4v) is 3.23. The highest BCUT2D eigenvalue weighted by Crippen LogP contribution is 2.21. The van der Waals surface area contributed by atoms with Crippen LogP contribution >= 0.6 is 0 Å². The maximum atomic E-state index is 12.6. The third-order valence-electron chi connectivity index (χ3n) is 4.50. The highest BCUT2D eigenvalue weighted by Gasteiger charge is 2.19. The lowest BCUT2D eigenvalue weighted by Crippen LogP contribution is -2.35. The number of rotatable bonds is 4. The van der Waals surface area contributed by atoms with Gasteiger partial charge in [-0.2, -0.15) is 0 Å². The largest absolute Gasteiger partial charge is 0.331 e. The number of anilines is 1. The summed E-state index contributed by atoms with van der Waals surface area (Å²) in [5.41, 5.74) is 6.06. The van der Waals surface area contributed by atoms with E-state index in [1.165, 1.54) is 4.90 Å². The van der Waals surface area contributed by atoms with Crippen LogP contribution in [0.2, 0.25) is 0 Å². The molecule has 6 heteroatoms. The number of aryl methyl sites for hydroxylation is 4. The lowest BCUT2D eigenvalue weighted by molar-refractivity contribution is -0.116. The summed E-state index contributed by atoms with van der Waals surface area (Å²) in [7, 11) is 1.60. The van der Waals surface area contributed by atoms with E-state index in [9.17, 15) is 9.59 Å². The van der Waals surface area contributed by atoms with E-state index in [-0.39, 0.29) is 18.4 Å². The first-order valence-corrected chi connectivity index (χ1v) is 8.83. The Morgan fingerprint density at radius 2 is 1.74 bits per heavy atom. The number of pyridine rings is 1. The topological polar surface area (TPSA) is 66.7 Å². The molecule has 1 N–H and O–H groups in total. The number of imidazole rings is 1. The minimum atomic E-state index is -0.288. The van der Waals surface area contributed by atoms with Crippen molar-refractivity contribution < 1.29 is 9.59 Å². The van der Waals surface area contributed by atoms with Crippen molar-refractivity contribution in [1.82, 2.24) is 14.3 Å². The fraction of sp³-hybridized carbons (Fsp3) is 0.286. The maximum absolute atomic E-state index is 12.6. The van der Waals surface area contributed by atoms with Crippen molar-refractivity contribution in [3.8, 4) is 0 Å². The van der Waals surface area contributed by atoms with Crippen LogP contribution < -0.4 is 5.32 Å². The zero-order valence-corrected chi connectivity index (χ0v) is 16.3. The molecule has 0 unspecified atom stereocenters. The second-order valence-electron chi connectivity index (χ2n) is 7.08. The van der Waals surface area contributed by atoms with Gasteiger partial charge >= 0.3 is 0 Å². The first-order valence-electron chi connectivity index (χ1n) is 8.83. The van der Waals surface area contributed by atoms with Crippen molar-refractivity contribution in [2.45, 2.75) is 27.7 Å². The zero-order valence-electron chi connectivity index (χ0n) is 16.3. The maximum Gasteiger partial charge on any atom is 0.274 e. The molecule has 0 atom stereocenters. The number of likely N-dealkylation sites (N-methyl/N-ethyl adjacent to an activating group) is 1. The predicted molar refractivity (Wildman–Crippen MR) is 106 cm³/mol. The number of nitrogens with zero attached hydrogens (tertiary/aromatic N) is 3. The molecule has 6 nitrogen and oxygen atoms in total. The number of hydrogen-bond donors (Lipinski definition) is 1. The van der Waals surface area contributed by atoms with Crippen LogP contribution in [0.15, 0.2) is 36.7 Å². The number of nitrogens with one attached hydrogen (secondary N) is 1. The number of fused-ring (bicyclic) bond motifs is 1. The molecule has 2 aromatic heterocycles. The van der Waals surface area contributed by atoms with Crippen molar-refractivity contribution in [2.75, 3.05) is 18.9 Å². The number of carbonyl (C=O) groups is 2. The zero-order chi connectivity index (χ0) is 19.7. The van der Waals surface area contributed by atoms with Crippen LogP contribution in [0.3, 0.4) is 0 Å². The average molecular weight is 364 g/mol. The molecule has 3 rings (SSSR count). The van der Waals surface area contributed by atoms with Crippen molar-refractivity contribution in [3.63, 3.8) is 0 Å². The molecule has 140 valence electrons. The van der Waals surface area contributed by atoms with Gasteiger partial charge in [0.15, 0.2) is 0 Å². The molecule has 27 heavy (non-hydrogen) atoms. The summed E-state index contributed by atoms with van der Waals surface area (Å²) in [5, 5.41) is 2.92. The molecule has 0 aliphatic heterocycles. The van der Waals surface area contributed by atoms with E-state index in [0.29, 0.717) is 11.3 Å². The van der Waals surface area contributed by atoms with Gasteiger partial charge in [0.1, 0.15) is 11.3 Å². The van der Waals surface area contributed by atoms with Gasteiger partial charge in [-0.3, -0.25) is 9.59 Å². The van der Waals surface area contributed by atoms with Crippen LogP contribution in [-0.4, -0.2) is 39.7 Å². The van der Waals surface area contributed by atoms with Crippen molar-refractivity contribution >= 4 is 23.1 Å². The summed E-state index contributed by atoms with van der Waals surface area (Å²) in [5.74, 6) is -0.524. The molecule has 1 aromatic carbocycles. The molecule has 0 radical (unpaired) electrons. The van der Waals surface area contributed by atoms with E-state index in [1.54, 1.807) is 17.6 Å². The number of amides is 2. The molecular weight excluding hydrogens is 340 g/mol. The van der Waals surface area contributed by atoms with Gasteiger partial charge < -0.3 is 14.6 Å². The molecule has 0 spiro atoms. The molecule has 0 saturated carbocycles. The van der Waals surface area contributed by atoms with Crippen LogP contribution in [0.25, 0.3) is 5.65 Å². The van der Waals surface area contributed by atoms with Gasteiger partial charge in [0.25, 0.3) is 5.91 Å². The monoisotopic (exact) mass is 364 g/mol. The predicted octanol–water partition coefficient (Wildman–Crippen LogP) is 3.28.